The lowest BCUT2D eigenvalue weighted by atomic mass is 10.0. The Labute approximate surface area is 92.6 Å². The molecule has 0 aliphatic carbocycles. The maximum Gasteiger partial charge on any atom is 0.0474 e. The number of aryl methyl sites for hydroxylation is 1. The van der Waals surface area contributed by atoms with E-state index >= 15 is 0 Å². The van der Waals surface area contributed by atoms with Crippen LogP contribution in [-0.2, 0) is 11.3 Å². The Morgan fingerprint density at radius 3 is 2.80 bits per heavy atom. The number of hydrogen-bond donors (Lipinski definition) is 1. The van der Waals surface area contributed by atoms with Gasteiger partial charge in [-0.05, 0) is 43.5 Å². The minimum atomic E-state index is 0.833. The van der Waals surface area contributed by atoms with Crippen molar-refractivity contribution in [1.29, 1.82) is 0 Å². The molecule has 2 nitrogen and oxygen atoms in total. The molecule has 0 aliphatic heterocycles. The first-order valence-electron chi connectivity index (χ1n) is 5.50. The molecule has 0 aromatic heterocycles. The van der Waals surface area contributed by atoms with Gasteiger partial charge in [0.1, 0.15) is 0 Å². The first-order valence-corrected chi connectivity index (χ1v) is 5.50. The van der Waals surface area contributed by atoms with Crippen LogP contribution >= 0.6 is 0 Å². The molecule has 0 saturated heterocycles. The number of benzene rings is 1. The summed E-state index contributed by atoms with van der Waals surface area (Å²) in [6, 6.07) is 6.46. The zero-order valence-electron chi connectivity index (χ0n) is 9.97. The maximum atomic E-state index is 5.00. The predicted octanol–water partition coefficient (Wildman–Crippen LogP) is 2.43. The Morgan fingerprint density at radius 1 is 1.27 bits per heavy atom. The zero-order chi connectivity index (χ0) is 11.1. The summed E-state index contributed by atoms with van der Waals surface area (Å²) in [7, 11) is 1.74. The molecule has 1 rings (SSSR count). The normalized spacial score (nSPS) is 10.6. The van der Waals surface area contributed by atoms with Gasteiger partial charge in [-0.25, -0.2) is 0 Å². The van der Waals surface area contributed by atoms with Gasteiger partial charge in [-0.3, -0.25) is 0 Å². The zero-order valence-corrected chi connectivity index (χ0v) is 9.97. The van der Waals surface area contributed by atoms with Gasteiger partial charge in [-0.1, -0.05) is 18.2 Å². The summed E-state index contributed by atoms with van der Waals surface area (Å²) in [5, 5.41) is 3.42. The van der Waals surface area contributed by atoms with E-state index in [1.54, 1.807) is 7.11 Å². The second-order valence-electron chi connectivity index (χ2n) is 3.88. The molecule has 1 N–H and O–H groups in total. The second kappa shape index (κ2) is 6.59. The van der Waals surface area contributed by atoms with Gasteiger partial charge in [-0.15, -0.1) is 0 Å². The van der Waals surface area contributed by atoms with Crippen molar-refractivity contribution in [3.63, 3.8) is 0 Å². The number of ether oxygens (including phenoxy) is 1. The number of rotatable bonds is 6. The average molecular weight is 207 g/mol. The van der Waals surface area contributed by atoms with Gasteiger partial charge in [0.2, 0.25) is 0 Å². The molecule has 0 fully saturated rings. The number of methoxy groups -OCH3 is 1. The quantitative estimate of drug-likeness (QED) is 0.723. The van der Waals surface area contributed by atoms with Gasteiger partial charge >= 0.3 is 0 Å². The molecule has 2 heteroatoms. The van der Waals surface area contributed by atoms with E-state index in [2.05, 4.69) is 37.4 Å². The summed E-state index contributed by atoms with van der Waals surface area (Å²) in [6.07, 6.45) is 1.07. The van der Waals surface area contributed by atoms with E-state index in [0.717, 1.165) is 26.1 Å². The number of hydrogen-bond acceptors (Lipinski definition) is 2. The SMILES string of the molecule is COCCCNCc1cccc(C)c1C. The van der Waals surface area contributed by atoms with Crippen LogP contribution in [0.25, 0.3) is 0 Å². The molecule has 0 heterocycles. The van der Waals surface area contributed by atoms with E-state index in [-0.39, 0.29) is 0 Å². The highest BCUT2D eigenvalue weighted by atomic mass is 16.5. The second-order valence-corrected chi connectivity index (χ2v) is 3.88. The fourth-order valence-corrected chi connectivity index (χ4v) is 1.57. The molecule has 0 bridgehead atoms. The summed E-state index contributed by atoms with van der Waals surface area (Å²) in [5.74, 6) is 0. The molecule has 0 amide bonds. The Kier molecular flexibility index (Phi) is 5.37. The monoisotopic (exact) mass is 207 g/mol. The van der Waals surface area contributed by atoms with E-state index < -0.39 is 0 Å². The van der Waals surface area contributed by atoms with Crippen LogP contribution in [0, 0.1) is 13.8 Å². The molecule has 0 radical (unpaired) electrons. The highest BCUT2D eigenvalue weighted by Gasteiger charge is 1.99. The van der Waals surface area contributed by atoms with Crippen molar-refractivity contribution in [3.05, 3.63) is 34.9 Å². The van der Waals surface area contributed by atoms with Crippen LogP contribution in [0.3, 0.4) is 0 Å². The van der Waals surface area contributed by atoms with Crippen molar-refractivity contribution >= 4 is 0 Å². The van der Waals surface area contributed by atoms with Crippen LogP contribution in [0.5, 0.6) is 0 Å². The summed E-state index contributed by atoms with van der Waals surface area (Å²) in [4.78, 5) is 0. The maximum absolute atomic E-state index is 5.00. The third kappa shape index (κ3) is 4.02. The Morgan fingerprint density at radius 2 is 2.07 bits per heavy atom. The fraction of sp³-hybridized carbons (Fsp3) is 0.538. The van der Waals surface area contributed by atoms with E-state index in [1.807, 2.05) is 0 Å². The van der Waals surface area contributed by atoms with Crippen LogP contribution in [0.4, 0.5) is 0 Å². The van der Waals surface area contributed by atoms with E-state index in [0.29, 0.717) is 0 Å². The Hall–Kier alpha value is -0.860. The Balaban J connectivity index is 2.34. The van der Waals surface area contributed by atoms with Gasteiger partial charge in [0.05, 0.1) is 0 Å². The minimum Gasteiger partial charge on any atom is -0.385 e. The summed E-state index contributed by atoms with van der Waals surface area (Å²) < 4.78 is 5.00. The lowest BCUT2D eigenvalue weighted by molar-refractivity contribution is 0.194. The standard InChI is InChI=1S/C13H21NO/c1-11-6-4-7-13(12(11)2)10-14-8-5-9-15-3/h4,6-7,14H,5,8-10H2,1-3H3. The van der Waals surface area contributed by atoms with Crippen molar-refractivity contribution in [1.82, 2.24) is 5.32 Å². The lowest BCUT2D eigenvalue weighted by Crippen LogP contribution is -2.16. The van der Waals surface area contributed by atoms with Crippen molar-refractivity contribution in [3.8, 4) is 0 Å². The first-order chi connectivity index (χ1) is 7.25. The molecule has 0 spiro atoms. The first kappa shape index (κ1) is 12.2. The molecule has 0 unspecified atom stereocenters. The highest BCUT2D eigenvalue weighted by Crippen LogP contribution is 2.11. The van der Waals surface area contributed by atoms with Crippen LogP contribution in [-0.4, -0.2) is 20.3 Å². The predicted molar refractivity (Wildman–Crippen MR) is 64.1 cm³/mol. The van der Waals surface area contributed by atoms with Crippen molar-refractivity contribution < 1.29 is 4.74 Å². The van der Waals surface area contributed by atoms with E-state index in [4.69, 9.17) is 4.74 Å². The summed E-state index contributed by atoms with van der Waals surface area (Å²) in [5.41, 5.74) is 4.16. The third-order valence-corrected chi connectivity index (χ3v) is 2.73. The smallest absolute Gasteiger partial charge is 0.0474 e. The van der Waals surface area contributed by atoms with Crippen LogP contribution in [0.2, 0.25) is 0 Å². The third-order valence-electron chi connectivity index (χ3n) is 2.73. The van der Waals surface area contributed by atoms with Crippen molar-refractivity contribution in [2.45, 2.75) is 26.8 Å². The van der Waals surface area contributed by atoms with Crippen LogP contribution in [0.1, 0.15) is 23.1 Å². The number of nitrogens with one attached hydrogen (secondary N) is 1. The molecule has 1 aromatic rings. The topological polar surface area (TPSA) is 21.3 Å². The molecule has 0 atom stereocenters. The van der Waals surface area contributed by atoms with Crippen molar-refractivity contribution in [2.24, 2.45) is 0 Å². The van der Waals surface area contributed by atoms with E-state index in [1.165, 1.54) is 16.7 Å². The van der Waals surface area contributed by atoms with Crippen LogP contribution in [0.15, 0.2) is 18.2 Å². The fourth-order valence-electron chi connectivity index (χ4n) is 1.57. The largest absolute Gasteiger partial charge is 0.385 e. The van der Waals surface area contributed by atoms with E-state index in [9.17, 15) is 0 Å². The molecular formula is C13H21NO. The van der Waals surface area contributed by atoms with Crippen molar-refractivity contribution in [2.75, 3.05) is 20.3 Å². The van der Waals surface area contributed by atoms with Gasteiger partial charge in [0.15, 0.2) is 0 Å². The molecule has 0 saturated carbocycles. The van der Waals surface area contributed by atoms with Gasteiger partial charge < -0.3 is 10.1 Å². The summed E-state index contributed by atoms with van der Waals surface area (Å²) >= 11 is 0. The lowest BCUT2D eigenvalue weighted by Gasteiger charge is -2.09. The molecular weight excluding hydrogens is 186 g/mol. The highest BCUT2D eigenvalue weighted by molar-refractivity contribution is 5.32. The minimum absolute atomic E-state index is 0.833. The van der Waals surface area contributed by atoms with Gasteiger partial charge in [0, 0.05) is 20.3 Å². The summed E-state index contributed by atoms with van der Waals surface area (Å²) in [6.45, 7) is 7.14. The average Bonchev–Trinajstić information content (AvgIpc) is 2.24. The van der Waals surface area contributed by atoms with Crippen LogP contribution < -0.4 is 5.32 Å². The Bertz CT molecular complexity index is 297. The molecule has 15 heavy (non-hydrogen) atoms. The molecule has 1 aromatic carbocycles. The van der Waals surface area contributed by atoms with Gasteiger partial charge in [0.25, 0.3) is 0 Å². The molecule has 0 aliphatic rings. The molecule has 84 valence electrons. The van der Waals surface area contributed by atoms with Gasteiger partial charge in [-0.2, -0.15) is 0 Å².